The topological polar surface area (TPSA) is 127 Å². The van der Waals surface area contributed by atoms with Crippen molar-refractivity contribution < 1.29 is 19.6 Å². The Balaban J connectivity index is 3.26. The molecule has 0 radical (unpaired) electrons. The second kappa shape index (κ2) is 6.13. The number of carboxylic acids is 1. The Labute approximate surface area is 115 Å². The van der Waals surface area contributed by atoms with Crippen LogP contribution in [0, 0.1) is 10.1 Å². The zero-order valence-corrected chi connectivity index (χ0v) is 11.4. The lowest BCUT2D eigenvalue weighted by molar-refractivity contribution is -0.385. The van der Waals surface area contributed by atoms with Gasteiger partial charge >= 0.3 is 11.7 Å². The third-order valence-corrected chi connectivity index (χ3v) is 2.78. The molecule has 9 nitrogen and oxygen atoms in total. The summed E-state index contributed by atoms with van der Waals surface area (Å²) in [5.74, 6) is -1.52. The summed E-state index contributed by atoms with van der Waals surface area (Å²) in [6.45, 7) is 3.26. The SMILES string of the molecule is CCCC(C)(Nc1ncnc(OC)c1[N+](=O)[O-])C(=O)O. The number of nitrogens with zero attached hydrogens (tertiary/aromatic N) is 3. The quantitative estimate of drug-likeness (QED) is 0.568. The smallest absolute Gasteiger partial charge is 0.372 e. The maximum absolute atomic E-state index is 11.3. The summed E-state index contributed by atoms with van der Waals surface area (Å²) >= 11 is 0. The van der Waals surface area contributed by atoms with E-state index in [0.717, 1.165) is 6.33 Å². The van der Waals surface area contributed by atoms with E-state index in [-0.39, 0.29) is 18.1 Å². The summed E-state index contributed by atoms with van der Waals surface area (Å²) in [6, 6.07) is 0. The number of anilines is 1. The van der Waals surface area contributed by atoms with Crippen LogP contribution in [0.2, 0.25) is 0 Å². The van der Waals surface area contributed by atoms with E-state index >= 15 is 0 Å². The first-order chi connectivity index (χ1) is 9.35. The zero-order chi connectivity index (χ0) is 15.3. The molecule has 2 N–H and O–H groups in total. The molecule has 0 spiro atoms. The van der Waals surface area contributed by atoms with Crippen LogP contribution in [-0.4, -0.2) is 38.6 Å². The van der Waals surface area contributed by atoms with Crippen molar-refractivity contribution in [2.45, 2.75) is 32.2 Å². The lowest BCUT2D eigenvalue weighted by atomic mass is 9.96. The number of nitrogens with one attached hydrogen (secondary N) is 1. The molecule has 1 rings (SSSR count). The average Bonchev–Trinajstić information content (AvgIpc) is 2.38. The van der Waals surface area contributed by atoms with Gasteiger partial charge in [-0.25, -0.2) is 9.78 Å². The minimum Gasteiger partial charge on any atom is -0.480 e. The number of nitro groups is 1. The van der Waals surface area contributed by atoms with Gasteiger partial charge in [-0.1, -0.05) is 13.3 Å². The molecule has 0 bridgehead atoms. The molecule has 1 unspecified atom stereocenters. The monoisotopic (exact) mass is 284 g/mol. The van der Waals surface area contributed by atoms with Crippen LogP contribution in [0.5, 0.6) is 5.88 Å². The molecule has 20 heavy (non-hydrogen) atoms. The molecule has 1 heterocycles. The van der Waals surface area contributed by atoms with Gasteiger partial charge in [-0.3, -0.25) is 10.1 Å². The van der Waals surface area contributed by atoms with E-state index in [1.54, 1.807) is 0 Å². The fraction of sp³-hybridized carbons (Fsp3) is 0.545. The molecule has 0 aromatic carbocycles. The highest BCUT2D eigenvalue weighted by atomic mass is 16.6. The molecular formula is C11H16N4O5. The number of rotatable bonds is 7. The maximum atomic E-state index is 11.3. The standard InChI is InChI=1S/C11H16N4O5/c1-4-5-11(2,10(16)17)14-8-7(15(18)19)9(20-3)13-6-12-8/h6H,4-5H2,1-3H3,(H,16,17)(H,12,13,14). The molecule has 0 amide bonds. The van der Waals surface area contributed by atoms with Crippen molar-refractivity contribution in [2.24, 2.45) is 0 Å². The number of hydrogen-bond acceptors (Lipinski definition) is 7. The van der Waals surface area contributed by atoms with E-state index in [1.165, 1.54) is 14.0 Å². The van der Waals surface area contributed by atoms with Crippen molar-refractivity contribution in [1.29, 1.82) is 0 Å². The van der Waals surface area contributed by atoms with Gasteiger partial charge in [0, 0.05) is 0 Å². The van der Waals surface area contributed by atoms with Crippen LogP contribution in [0.25, 0.3) is 0 Å². The van der Waals surface area contributed by atoms with Crippen LogP contribution in [0.4, 0.5) is 11.5 Å². The molecule has 1 aromatic heterocycles. The van der Waals surface area contributed by atoms with Crippen molar-refractivity contribution >= 4 is 17.5 Å². The van der Waals surface area contributed by atoms with Crippen molar-refractivity contribution in [3.8, 4) is 5.88 Å². The zero-order valence-electron chi connectivity index (χ0n) is 11.4. The van der Waals surface area contributed by atoms with Gasteiger partial charge in [-0.15, -0.1) is 0 Å². The fourth-order valence-corrected chi connectivity index (χ4v) is 1.75. The Bertz CT molecular complexity index is 522. The predicted molar refractivity (Wildman–Crippen MR) is 69.8 cm³/mol. The van der Waals surface area contributed by atoms with Gasteiger partial charge in [0.15, 0.2) is 0 Å². The van der Waals surface area contributed by atoms with Crippen LogP contribution >= 0.6 is 0 Å². The number of carbonyl (C=O) groups is 1. The minimum absolute atomic E-state index is 0.180. The lowest BCUT2D eigenvalue weighted by Crippen LogP contribution is -2.43. The number of methoxy groups -OCH3 is 1. The predicted octanol–water partition coefficient (Wildman–Crippen LogP) is 1.45. The van der Waals surface area contributed by atoms with E-state index in [0.29, 0.717) is 6.42 Å². The highest BCUT2D eigenvalue weighted by molar-refractivity contribution is 5.83. The van der Waals surface area contributed by atoms with Gasteiger partial charge in [-0.2, -0.15) is 4.98 Å². The second-order valence-corrected chi connectivity index (χ2v) is 4.35. The van der Waals surface area contributed by atoms with Gasteiger partial charge in [0.1, 0.15) is 11.9 Å². The highest BCUT2D eigenvalue weighted by Crippen LogP contribution is 2.33. The highest BCUT2D eigenvalue weighted by Gasteiger charge is 2.36. The summed E-state index contributed by atoms with van der Waals surface area (Å²) in [5, 5.41) is 23.0. The van der Waals surface area contributed by atoms with Crippen LogP contribution in [0.15, 0.2) is 6.33 Å². The van der Waals surface area contributed by atoms with Crippen LogP contribution in [0.3, 0.4) is 0 Å². The van der Waals surface area contributed by atoms with Gasteiger partial charge < -0.3 is 15.2 Å². The molecule has 0 saturated heterocycles. The van der Waals surface area contributed by atoms with Crippen LogP contribution in [-0.2, 0) is 4.79 Å². The minimum atomic E-state index is -1.36. The Morgan fingerprint density at radius 1 is 1.60 bits per heavy atom. The number of hydrogen-bond donors (Lipinski definition) is 2. The third-order valence-electron chi connectivity index (χ3n) is 2.78. The Hall–Kier alpha value is -2.45. The van der Waals surface area contributed by atoms with Crippen molar-refractivity contribution in [3.05, 3.63) is 16.4 Å². The van der Waals surface area contributed by atoms with E-state index in [9.17, 15) is 20.0 Å². The largest absolute Gasteiger partial charge is 0.480 e. The number of ether oxygens (including phenoxy) is 1. The van der Waals surface area contributed by atoms with E-state index in [1.807, 2.05) is 6.92 Å². The first kappa shape index (κ1) is 15.6. The van der Waals surface area contributed by atoms with E-state index < -0.39 is 22.1 Å². The van der Waals surface area contributed by atoms with Gasteiger partial charge in [0.25, 0.3) is 5.88 Å². The summed E-state index contributed by atoms with van der Waals surface area (Å²) in [7, 11) is 1.24. The van der Waals surface area contributed by atoms with Gasteiger partial charge in [0.05, 0.1) is 12.0 Å². The molecule has 1 aromatic rings. The molecule has 110 valence electrons. The molecule has 1 atom stereocenters. The Morgan fingerprint density at radius 2 is 2.25 bits per heavy atom. The molecule has 0 aliphatic carbocycles. The van der Waals surface area contributed by atoms with Crippen molar-refractivity contribution in [3.63, 3.8) is 0 Å². The second-order valence-electron chi connectivity index (χ2n) is 4.35. The normalized spacial score (nSPS) is 13.3. The van der Waals surface area contributed by atoms with E-state index in [4.69, 9.17) is 4.74 Å². The van der Waals surface area contributed by atoms with Crippen LogP contribution in [0.1, 0.15) is 26.7 Å². The first-order valence-electron chi connectivity index (χ1n) is 5.90. The molecule has 0 aliphatic heterocycles. The summed E-state index contributed by atoms with van der Waals surface area (Å²) in [4.78, 5) is 29.1. The number of aromatic nitrogens is 2. The maximum Gasteiger partial charge on any atom is 0.372 e. The molecule has 0 aliphatic rings. The molecule has 0 fully saturated rings. The summed E-state index contributed by atoms with van der Waals surface area (Å²) < 4.78 is 4.80. The summed E-state index contributed by atoms with van der Waals surface area (Å²) in [5.41, 5.74) is -1.85. The van der Waals surface area contributed by atoms with Crippen molar-refractivity contribution in [2.75, 3.05) is 12.4 Å². The Morgan fingerprint density at radius 3 is 2.70 bits per heavy atom. The Kier molecular flexibility index (Phi) is 4.78. The lowest BCUT2D eigenvalue weighted by Gasteiger charge is -2.26. The average molecular weight is 284 g/mol. The van der Waals surface area contributed by atoms with Crippen LogP contribution < -0.4 is 10.1 Å². The molecule has 9 heteroatoms. The van der Waals surface area contributed by atoms with Gasteiger partial charge in [0.2, 0.25) is 5.82 Å². The molecular weight excluding hydrogens is 268 g/mol. The third kappa shape index (κ3) is 3.11. The fourth-order valence-electron chi connectivity index (χ4n) is 1.75. The summed E-state index contributed by atoms with van der Waals surface area (Å²) in [6.07, 6.45) is 1.94. The first-order valence-corrected chi connectivity index (χ1v) is 5.90. The van der Waals surface area contributed by atoms with Crippen molar-refractivity contribution in [1.82, 2.24) is 9.97 Å². The molecule has 0 saturated carbocycles. The number of carboxylic acid groups (broad SMARTS) is 1. The van der Waals surface area contributed by atoms with Gasteiger partial charge in [-0.05, 0) is 13.3 Å². The van der Waals surface area contributed by atoms with E-state index in [2.05, 4.69) is 15.3 Å². The number of aliphatic carboxylic acids is 1.